The Morgan fingerprint density at radius 2 is 0.538 bits per heavy atom. The second-order valence-corrected chi connectivity index (χ2v) is 8.99. The van der Waals surface area contributed by atoms with Gasteiger partial charge in [-0.15, -0.1) is 0 Å². The highest BCUT2D eigenvalue weighted by Crippen LogP contribution is 2.15. The molecule has 0 saturated carbocycles. The molecule has 0 heterocycles. The molecule has 0 nitrogen and oxygen atoms in total. The molecular formula is C24H52BrP. The van der Waals surface area contributed by atoms with Gasteiger partial charge in [0.05, 0.1) is 6.16 Å². The van der Waals surface area contributed by atoms with Gasteiger partial charge in [0.1, 0.15) is 0 Å². The van der Waals surface area contributed by atoms with Gasteiger partial charge in [0.2, 0.25) is 0 Å². The van der Waals surface area contributed by atoms with Crippen LogP contribution in [0.15, 0.2) is 0 Å². The Kier molecular flexibility index (Phi) is 31.5. The van der Waals surface area contributed by atoms with Gasteiger partial charge >= 0.3 is 0 Å². The summed E-state index contributed by atoms with van der Waals surface area (Å²) in [6, 6.07) is 0. The fourth-order valence-electron chi connectivity index (χ4n) is 3.79. The lowest BCUT2D eigenvalue weighted by Gasteiger charge is -2.04. The van der Waals surface area contributed by atoms with Crippen molar-refractivity contribution < 1.29 is 17.0 Å². The van der Waals surface area contributed by atoms with Gasteiger partial charge in [0.15, 0.2) is 0 Å². The Morgan fingerprint density at radius 3 is 0.731 bits per heavy atom. The van der Waals surface area contributed by atoms with Crippen LogP contribution in [0.2, 0.25) is 0 Å². The average molecular weight is 452 g/mol. The normalized spacial score (nSPS) is 11.0. The molecule has 2 heteroatoms. The van der Waals surface area contributed by atoms with Crippen molar-refractivity contribution in [1.82, 2.24) is 0 Å². The Hall–Kier alpha value is 0.910. The molecule has 0 saturated heterocycles. The van der Waals surface area contributed by atoms with Gasteiger partial charge in [-0.05, 0) is 22.1 Å². The smallest absolute Gasteiger partial charge is 0.0526 e. The minimum atomic E-state index is 0. The fourth-order valence-corrected chi connectivity index (χ4v) is 4.14. The van der Waals surface area contributed by atoms with Crippen molar-refractivity contribution in [3.8, 4) is 0 Å². The summed E-state index contributed by atoms with van der Waals surface area (Å²) >= 11 is 0. The van der Waals surface area contributed by atoms with Crippen LogP contribution in [0, 0.1) is 0 Å². The summed E-state index contributed by atoms with van der Waals surface area (Å²) in [6.45, 7) is 2.30. The summed E-state index contributed by atoms with van der Waals surface area (Å²) in [7, 11) is 2.12. The van der Waals surface area contributed by atoms with Gasteiger partial charge in [-0.2, -0.15) is 0 Å². The molecule has 0 N–H and O–H groups in total. The van der Waals surface area contributed by atoms with Crippen molar-refractivity contribution in [3.63, 3.8) is 0 Å². The van der Waals surface area contributed by atoms with Gasteiger partial charge in [-0.3, -0.25) is 0 Å². The predicted octanol–water partition coefficient (Wildman–Crippen LogP) is 6.20. The molecule has 0 aliphatic rings. The Balaban J connectivity index is 0. The molecule has 0 aliphatic carbocycles. The van der Waals surface area contributed by atoms with E-state index >= 15 is 0 Å². The summed E-state index contributed by atoms with van der Waals surface area (Å²) in [5.41, 5.74) is 0. The van der Waals surface area contributed by atoms with Crippen LogP contribution in [0.5, 0.6) is 0 Å². The number of halogens is 1. The van der Waals surface area contributed by atoms with E-state index in [1.807, 2.05) is 0 Å². The predicted molar refractivity (Wildman–Crippen MR) is 123 cm³/mol. The van der Waals surface area contributed by atoms with Crippen LogP contribution in [0.3, 0.4) is 0 Å². The lowest BCUT2D eigenvalue weighted by atomic mass is 10.0. The van der Waals surface area contributed by atoms with Crippen molar-refractivity contribution in [2.24, 2.45) is 0 Å². The first-order chi connectivity index (χ1) is 12.4. The van der Waals surface area contributed by atoms with E-state index in [1.54, 1.807) is 0 Å². The van der Waals surface area contributed by atoms with Crippen LogP contribution in [0.25, 0.3) is 0 Å². The third-order valence-corrected chi connectivity index (χ3v) is 6.10. The molecule has 0 radical (unpaired) electrons. The standard InChI is InChI=1S/C24H51P.BrH/c1-2-3-4-5-6-7-8-9-10-11-12-13-14-15-16-17-18-19-20-21-22-23-24-25;/h2-25H2,1H3;1H. The van der Waals surface area contributed by atoms with Crippen molar-refractivity contribution in [2.45, 2.75) is 148 Å². The third kappa shape index (κ3) is 27.1. The number of hydrogen-bond acceptors (Lipinski definition) is 0. The summed E-state index contributed by atoms with van der Waals surface area (Å²) in [4.78, 5) is 0. The molecule has 0 spiro atoms. The van der Waals surface area contributed by atoms with Gasteiger partial charge in [0, 0.05) is 0 Å². The van der Waals surface area contributed by atoms with E-state index in [-0.39, 0.29) is 17.0 Å². The van der Waals surface area contributed by atoms with Crippen LogP contribution >= 0.6 is 9.24 Å². The van der Waals surface area contributed by atoms with E-state index in [4.69, 9.17) is 0 Å². The quantitative estimate of drug-likeness (QED) is 0.136. The highest BCUT2D eigenvalue weighted by Gasteiger charge is 1.95. The van der Waals surface area contributed by atoms with Gasteiger partial charge in [0.25, 0.3) is 0 Å². The molecule has 0 aromatic carbocycles. The van der Waals surface area contributed by atoms with Crippen LogP contribution in [0.1, 0.15) is 148 Å². The zero-order chi connectivity index (χ0) is 18.3. The monoisotopic (exact) mass is 450 g/mol. The molecule has 26 heavy (non-hydrogen) atoms. The summed E-state index contributed by atoms with van der Waals surface area (Å²) in [6.07, 6.45) is 34.0. The van der Waals surface area contributed by atoms with Crippen molar-refractivity contribution in [3.05, 3.63) is 0 Å². The summed E-state index contributed by atoms with van der Waals surface area (Å²) in [5, 5.41) is 0. The first kappa shape index (κ1) is 29.1. The van der Waals surface area contributed by atoms with E-state index in [2.05, 4.69) is 16.2 Å². The molecule has 0 amide bonds. The van der Waals surface area contributed by atoms with E-state index < -0.39 is 0 Å². The zero-order valence-corrected chi connectivity index (χ0v) is 21.3. The van der Waals surface area contributed by atoms with E-state index in [0.717, 1.165) is 0 Å². The lowest BCUT2D eigenvalue weighted by molar-refractivity contribution is -0.00000550. The van der Waals surface area contributed by atoms with Crippen LogP contribution in [0.4, 0.5) is 0 Å². The van der Waals surface area contributed by atoms with Gasteiger partial charge in [-0.25, -0.2) is 0 Å². The molecule has 0 bridgehead atoms. The van der Waals surface area contributed by atoms with Crippen molar-refractivity contribution in [2.75, 3.05) is 6.16 Å². The van der Waals surface area contributed by atoms with Gasteiger partial charge in [-0.1, -0.05) is 135 Å². The average Bonchev–Trinajstić information content (AvgIpc) is 2.63. The number of unbranched alkanes of at least 4 members (excludes halogenated alkanes) is 21. The van der Waals surface area contributed by atoms with Crippen LogP contribution in [-0.4, -0.2) is 6.16 Å². The maximum absolute atomic E-state index is 2.30. The highest BCUT2D eigenvalue weighted by molar-refractivity contribution is 7.16. The van der Waals surface area contributed by atoms with Crippen molar-refractivity contribution in [1.29, 1.82) is 0 Å². The molecule has 0 rings (SSSR count). The summed E-state index contributed by atoms with van der Waals surface area (Å²) < 4.78 is 0. The summed E-state index contributed by atoms with van der Waals surface area (Å²) in [5.74, 6) is 0. The van der Waals surface area contributed by atoms with E-state index in [1.165, 1.54) is 147 Å². The van der Waals surface area contributed by atoms with E-state index in [9.17, 15) is 0 Å². The largest absolute Gasteiger partial charge is 1.00 e. The van der Waals surface area contributed by atoms with Gasteiger partial charge < -0.3 is 17.0 Å². The Labute approximate surface area is 180 Å². The Bertz CT molecular complexity index is 198. The van der Waals surface area contributed by atoms with Crippen molar-refractivity contribution >= 4 is 9.24 Å². The minimum absolute atomic E-state index is 0. The second kappa shape index (κ2) is 28.1. The zero-order valence-electron chi connectivity index (χ0n) is 18.3. The fraction of sp³-hybridized carbons (Fsp3) is 1.00. The molecule has 160 valence electrons. The van der Waals surface area contributed by atoms with Crippen LogP contribution < -0.4 is 17.0 Å². The lowest BCUT2D eigenvalue weighted by Crippen LogP contribution is -3.00. The maximum Gasteiger partial charge on any atom is 0.0526 e. The topological polar surface area (TPSA) is 0 Å². The highest BCUT2D eigenvalue weighted by atomic mass is 79.9. The molecule has 1 unspecified atom stereocenters. The minimum Gasteiger partial charge on any atom is -1.00 e. The number of rotatable bonds is 22. The molecule has 0 aromatic rings. The van der Waals surface area contributed by atoms with Crippen LogP contribution in [-0.2, 0) is 0 Å². The number of hydrogen-bond donors (Lipinski definition) is 0. The maximum atomic E-state index is 2.30. The van der Waals surface area contributed by atoms with E-state index in [0.29, 0.717) is 0 Å². The first-order valence-electron chi connectivity index (χ1n) is 12.2. The molecule has 0 aromatic heterocycles. The molecule has 1 atom stereocenters. The molecular weight excluding hydrogens is 399 g/mol. The first-order valence-corrected chi connectivity index (χ1v) is 13.2. The molecule has 0 aliphatic heterocycles. The molecule has 0 fully saturated rings. The SMILES string of the molecule is CCCCCCCCCCCCCCCCCCCCCCCC[PH3+].[Br-]. The second-order valence-electron chi connectivity index (χ2n) is 8.28. The third-order valence-electron chi connectivity index (χ3n) is 5.60. The Morgan fingerprint density at radius 1 is 0.346 bits per heavy atom.